The van der Waals surface area contributed by atoms with Crippen molar-refractivity contribution in [1.29, 1.82) is 5.26 Å². The zero-order valence-electron chi connectivity index (χ0n) is 22.7. The van der Waals surface area contributed by atoms with Crippen LogP contribution in [0.3, 0.4) is 0 Å². The van der Waals surface area contributed by atoms with Crippen LogP contribution >= 0.6 is 15.9 Å². The number of methoxy groups -OCH3 is 1. The Labute approximate surface area is 248 Å². The lowest BCUT2D eigenvalue weighted by molar-refractivity contribution is -0.112. The summed E-state index contributed by atoms with van der Waals surface area (Å²) in [5.41, 5.74) is 2.99. The molecule has 0 atom stereocenters. The fourth-order valence-electron chi connectivity index (χ4n) is 3.87. The quantitative estimate of drug-likeness (QED) is 0.131. The van der Waals surface area contributed by atoms with E-state index in [1.54, 1.807) is 43.5 Å². The van der Waals surface area contributed by atoms with Crippen LogP contribution in [-0.4, -0.2) is 19.6 Å². The third-order valence-corrected chi connectivity index (χ3v) is 6.42. The van der Waals surface area contributed by atoms with E-state index >= 15 is 0 Å². The molecule has 41 heavy (non-hydrogen) atoms. The Balaban J connectivity index is 1.48. The molecule has 0 radical (unpaired) electrons. The molecule has 208 valence electrons. The predicted octanol–water partition coefficient (Wildman–Crippen LogP) is 7.56. The van der Waals surface area contributed by atoms with Gasteiger partial charge in [0.25, 0.3) is 5.91 Å². The second-order valence-corrected chi connectivity index (χ2v) is 9.73. The Bertz CT molecular complexity index is 1550. The second kappa shape index (κ2) is 14.6. The Morgan fingerprint density at radius 1 is 0.854 bits per heavy atom. The maximum Gasteiger partial charge on any atom is 0.266 e. The molecular weight excluding hydrogens is 584 g/mol. The number of carbonyl (C=O) groups excluding carboxylic acids is 1. The molecule has 4 aromatic carbocycles. The number of nitrogens with one attached hydrogen (secondary N) is 1. The average Bonchev–Trinajstić information content (AvgIpc) is 3.00. The summed E-state index contributed by atoms with van der Waals surface area (Å²) in [5, 5.41) is 12.5. The van der Waals surface area contributed by atoms with Crippen molar-refractivity contribution in [2.75, 3.05) is 19.0 Å². The van der Waals surface area contributed by atoms with E-state index < -0.39 is 5.91 Å². The van der Waals surface area contributed by atoms with Crippen LogP contribution in [0.5, 0.6) is 23.0 Å². The molecule has 0 aliphatic rings. The van der Waals surface area contributed by atoms with Gasteiger partial charge < -0.3 is 24.3 Å². The number of rotatable bonds is 12. The summed E-state index contributed by atoms with van der Waals surface area (Å²) in [6, 6.07) is 29.9. The van der Waals surface area contributed by atoms with Crippen LogP contribution in [0.15, 0.2) is 101 Å². The highest BCUT2D eigenvalue weighted by atomic mass is 79.9. The number of ether oxygens (including phenoxy) is 4. The molecule has 0 aliphatic carbocycles. The van der Waals surface area contributed by atoms with E-state index in [0.29, 0.717) is 47.5 Å². The largest absolute Gasteiger partial charge is 0.497 e. The molecule has 0 saturated carbocycles. The molecule has 0 aliphatic heterocycles. The van der Waals surface area contributed by atoms with E-state index in [1.165, 1.54) is 6.08 Å². The summed E-state index contributed by atoms with van der Waals surface area (Å²) >= 11 is 3.46. The number of benzene rings is 4. The van der Waals surface area contributed by atoms with Gasteiger partial charge in [0.05, 0.1) is 13.7 Å². The number of nitriles is 1. The maximum absolute atomic E-state index is 12.8. The molecule has 4 rings (SSSR count). The van der Waals surface area contributed by atoms with Crippen LogP contribution in [0.1, 0.15) is 23.6 Å². The van der Waals surface area contributed by atoms with Gasteiger partial charge in [0.1, 0.15) is 36.4 Å². The number of carbonyl (C=O) groups is 1. The molecule has 0 saturated heterocycles. The van der Waals surface area contributed by atoms with Crippen molar-refractivity contribution in [2.45, 2.75) is 20.1 Å². The summed E-state index contributed by atoms with van der Waals surface area (Å²) in [6.07, 6.45) is 1.51. The minimum Gasteiger partial charge on any atom is -0.497 e. The van der Waals surface area contributed by atoms with Crippen LogP contribution in [0.2, 0.25) is 0 Å². The fraction of sp³-hybridized carbons (Fsp3) is 0.152. The zero-order valence-corrected chi connectivity index (χ0v) is 24.3. The van der Waals surface area contributed by atoms with Crippen molar-refractivity contribution in [1.82, 2.24) is 0 Å². The van der Waals surface area contributed by atoms with E-state index in [1.807, 2.05) is 67.6 Å². The Morgan fingerprint density at radius 2 is 1.56 bits per heavy atom. The van der Waals surface area contributed by atoms with Crippen LogP contribution in [0, 0.1) is 11.3 Å². The SMILES string of the molecule is CCOc1cc(COc2ccc(Br)cc2/C=C(/C#N)C(=O)Nc2ccc(OC)cc2)ccc1OCc1ccccc1. The van der Waals surface area contributed by atoms with Gasteiger partial charge in [-0.25, -0.2) is 0 Å². The lowest BCUT2D eigenvalue weighted by atomic mass is 10.1. The van der Waals surface area contributed by atoms with Gasteiger partial charge in [-0.2, -0.15) is 5.26 Å². The topological polar surface area (TPSA) is 89.8 Å². The third-order valence-electron chi connectivity index (χ3n) is 5.92. The molecule has 0 bridgehead atoms. The molecular formula is C33H29BrN2O5. The Morgan fingerprint density at radius 3 is 2.27 bits per heavy atom. The van der Waals surface area contributed by atoms with Crippen molar-refractivity contribution in [3.63, 3.8) is 0 Å². The molecule has 0 fully saturated rings. The van der Waals surface area contributed by atoms with Crippen LogP contribution in [-0.2, 0) is 18.0 Å². The van der Waals surface area contributed by atoms with Gasteiger partial charge in [-0.3, -0.25) is 4.79 Å². The highest BCUT2D eigenvalue weighted by molar-refractivity contribution is 9.10. The van der Waals surface area contributed by atoms with E-state index in [4.69, 9.17) is 18.9 Å². The van der Waals surface area contributed by atoms with Crippen LogP contribution < -0.4 is 24.3 Å². The summed E-state index contributed by atoms with van der Waals surface area (Å²) in [4.78, 5) is 12.8. The van der Waals surface area contributed by atoms with Crippen molar-refractivity contribution < 1.29 is 23.7 Å². The predicted molar refractivity (Wildman–Crippen MR) is 162 cm³/mol. The highest BCUT2D eigenvalue weighted by Crippen LogP contribution is 2.31. The number of amides is 1. The van der Waals surface area contributed by atoms with Gasteiger partial charge in [-0.15, -0.1) is 0 Å². The van der Waals surface area contributed by atoms with E-state index in [2.05, 4.69) is 21.2 Å². The smallest absolute Gasteiger partial charge is 0.266 e. The highest BCUT2D eigenvalue weighted by Gasteiger charge is 2.13. The molecule has 7 nitrogen and oxygen atoms in total. The molecule has 0 aromatic heterocycles. The summed E-state index contributed by atoms with van der Waals surface area (Å²) in [6.45, 7) is 3.07. The molecule has 0 unspecified atom stereocenters. The first-order valence-corrected chi connectivity index (χ1v) is 13.7. The molecule has 1 N–H and O–H groups in total. The minimum absolute atomic E-state index is 0.0673. The van der Waals surface area contributed by atoms with Gasteiger partial charge in [0.15, 0.2) is 11.5 Å². The Kier molecular flexibility index (Phi) is 10.4. The van der Waals surface area contributed by atoms with Gasteiger partial charge in [-0.1, -0.05) is 52.3 Å². The number of anilines is 1. The summed E-state index contributed by atoms with van der Waals surface area (Å²) in [7, 11) is 1.57. The van der Waals surface area contributed by atoms with E-state index in [0.717, 1.165) is 15.6 Å². The molecule has 0 heterocycles. The van der Waals surface area contributed by atoms with Crippen molar-refractivity contribution >= 4 is 33.6 Å². The van der Waals surface area contributed by atoms with Gasteiger partial charge in [0.2, 0.25) is 0 Å². The zero-order chi connectivity index (χ0) is 29.0. The van der Waals surface area contributed by atoms with Crippen LogP contribution in [0.4, 0.5) is 5.69 Å². The Hall–Kier alpha value is -4.74. The lowest BCUT2D eigenvalue weighted by Crippen LogP contribution is -2.13. The molecule has 4 aromatic rings. The fourth-order valence-corrected chi connectivity index (χ4v) is 4.25. The number of hydrogen-bond donors (Lipinski definition) is 1. The first-order chi connectivity index (χ1) is 20.0. The maximum atomic E-state index is 12.8. The number of halogens is 1. The normalized spacial score (nSPS) is 10.8. The van der Waals surface area contributed by atoms with Crippen molar-refractivity contribution in [2.24, 2.45) is 0 Å². The number of hydrogen-bond acceptors (Lipinski definition) is 6. The first-order valence-electron chi connectivity index (χ1n) is 12.9. The van der Waals surface area contributed by atoms with Crippen molar-refractivity contribution in [3.8, 4) is 29.1 Å². The first kappa shape index (κ1) is 29.2. The number of nitrogens with zero attached hydrogens (tertiary/aromatic N) is 1. The van der Waals surface area contributed by atoms with Crippen molar-refractivity contribution in [3.05, 3.63) is 118 Å². The van der Waals surface area contributed by atoms with Gasteiger partial charge >= 0.3 is 0 Å². The van der Waals surface area contributed by atoms with E-state index in [9.17, 15) is 10.1 Å². The van der Waals surface area contributed by atoms with Gasteiger partial charge in [-0.05, 0) is 78.7 Å². The average molecular weight is 614 g/mol. The third kappa shape index (κ3) is 8.37. The second-order valence-electron chi connectivity index (χ2n) is 8.81. The minimum atomic E-state index is -0.531. The molecule has 8 heteroatoms. The van der Waals surface area contributed by atoms with E-state index in [-0.39, 0.29) is 12.2 Å². The summed E-state index contributed by atoms with van der Waals surface area (Å²) < 4.78 is 23.9. The monoisotopic (exact) mass is 612 g/mol. The summed E-state index contributed by atoms with van der Waals surface area (Å²) in [5.74, 6) is 1.92. The standard InChI is InChI=1S/C33H29BrN2O5/c1-3-39-32-17-24(9-15-31(32)41-21-23-7-5-4-6-8-23)22-40-30-16-10-27(34)19-25(30)18-26(20-35)33(37)36-28-11-13-29(38-2)14-12-28/h4-19H,3,21-22H2,1-2H3,(H,36,37)/b26-18-. The van der Waals surface area contributed by atoms with Gasteiger partial charge in [0, 0.05) is 15.7 Å². The molecule has 0 spiro atoms. The van der Waals surface area contributed by atoms with Crippen LogP contribution in [0.25, 0.3) is 6.08 Å². The molecule has 1 amide bonds. The lowest BCUT2D eigenvalue weighted by Gasteiger charge is -2.15.